The van der Waals surface area contributed by atoms with Gasteiger partial charge in [0.1, 0.15) is 23.8 Å². The summed E-state index contributed by atoms with van der Waals surface area (Å²) in [7, 11) is 1.61. The Morgan fingerprint density at radius 1 is 1.07 bits per heavy atom. The summed E-state index contributed by atoms with van der Waals surface area (Å²) < 4.78 is 12.6. The molecule has 0 atom stereocenters. The second kappa shape index (κ2) is 7.49. The zero-order valence-corrected chi connectivity index (χ0v) is 15.0. The highest BCUT2D eigenvalue weighted by Gasteiger charge is 2.33. The largest absolute Gasteiger partial charge is 0.497 e. The van der Waals surface area contributed by atoms with Crippen molar-refractivity contribution in [3.63, 3.8) is 0 Å². The third-order valence-electron chi connectivity index (χ3n) is 4.55. The van der Waals surface area contributed by atoms with Crippen molar-refractivity contribution in [3.05, 3.63) is 72.1 Å². The predicted octanol–water partition coefficient (Wildman–Crippen LogP) is 2.56. The lowest BCUT2D eigenvalue weighted by atomic mass is 10.1. The van der Waals surface area contributed by atoms with E-state index in [9.17, 15) is 4.79 Å². The fraction of sp³-hybridized carbons (Fsp3) is 0.250. The number of carbonyl (C=O) groups excluding carboxylic acids is 1. The number of hydrogen-bond donors (Lipinski definition) is 0. The van der Waals surface area contributed by atoms with E-state index in [-0.39, 0.29) is 11.9 Å². The van der Waals surface area contributed by atoms with Crippen molar-refractivity contribution in [2.24, 2.45) is 0 Å². The molecule has 2 heterocycles. The highest BCUT2D eigenvalue weighted by Crippen LogP contribution is 2.23. The van der Waals surface area contributed by atoms with Gasteiger partial charge in [0, 0.05) is 18.7 Å². The molecule has 7 heteroatoms. The van der Waals surface area contributed by atoms with Gasteiger partial charge in [-0.05, 0) is 36.4 Å². The van der Waals surface area contributed by atoms with E-state index in [0.717, 1.165) is 17.2 Å². The van der Waals surface area contributed by atoms with E-state index in [1.54, 1.807) is 36.3 Å². The van der Waals surface area contributed by atoms with Crippen LogP contribution < -0.4 is 9.47 Å². The van der Waals surface area contributed by atoms with Crippen LogP contribution in [0.15, 0.2) is 60.8 Å². The Morgan fingerprint density at radius 3 is 2.52 bits per heavy atom. The predicted molar refractivity (Wildman–Crippen MR) is 98.7 cm³/mol. The van der Waals surface area contributed by atoms with Crippen LogP contribution in [0.3, 0.4) is 0 Å². The molecule has 3 aromatic rings. The summed E-state index contributed by atoms with van der Waals surface area (Å²) in [5.41, 5.74) is 1.42. The van der Waals surface area contributed by atoms with E-state index in [0.29, 0.717) is 25.3 Å². The average Bonchev–Trinajstić information content (AvgIpc) is 3.14. The zero-order chi connectivity index (χ0) is 18.6. The van der Waals surface area contributed by atoms with Crippen LogP contribution >= 0.6 is 0 Å². The van der Waals surface area contributed by atoms with Crippen LogP contribution in [0.2, 0.25) is 0 Å². The van der Waals surface area contributed by atoms with Crippen LogP contribution in [0.25, 0.3) is 0 Å². The SMILES string of the molecule is COc1ccc(C(=O)N2CC(n3cc(COc4ccccc4)nn3)C2)cc1. The van der Waals surface area contributed by atoms with Gasteiger partial charge in [-0.25, -0.2) is 4.68 Å². The number of amides is 1. The van der Waals surface area contributed by atoms with Gasteiger partial charge in [-0.2, -0.15) is 0 Å². The number of rotatable bonds is 6. The molecule has 0 spiro atoms. The standard InChI is InChI=1S/C20H20N4O3/c1-26-18-9-7-15(8-10-18)20(25)23-12-17(13-23)24-11-16(21-22-24)14-27-19-5-3-2-4-6-19/h2-11,17H,12-14H2,1H3. The number of hydrogen-bond acceptors (Lipinski definition) is 5. The summed E-state index contributed by atoms with van der Waals surface area (Å²) in [4.78, 5) is 14.3. The van der Waals surface area contributed by atoms with E-state index in [1.165, 1.54) is 0 Å². The molecule has 0 unspecified atom stereocenters. The Labute approximate surface area is 157 Å². The second-order valence-electron chi connectivity index (χ2n) is 6.38. The van der Waals surface area contributed by atoms with E-state index in [2.05, 4.69) is 10.3 Å². The van der Waals surface area contributed by atoms with E-state index in [1.807, 2.05) is 41.2 Å². The highest BCUT2D eigenvalue weighted by molar-refractivity contribution is 5.94. The lowest BCUT2D eigenvalue weighted by Crippen LogP contribution is -2.50. The molecule has 7 nitrogen and oxygen atoms in total. The highest BCUT2D eigenvalue weighted by atomic mass is 16.5. The minimum atomic E-state index is 0.0154. The van der Waals surface area contributed by atoms with Gasteiger partial charge in [-0.3, -0.25) is 4.79 Å². The van der Waals surface area contributed by atoms with Gasteiger partial charge in [0.25, 0.3) is 5.91 Å². The number of ether oxygens (including phenoxy) is 2. The lowest BCUT2D eigenvalue weighted by Gasteiger charge is -2.38. The smallest absolute Gasteiger partial charge is 0.254 e. The third-order valence-corrected chi connectivity index (χ3v) is 4.55. The minimum absolute atomic E-state index is 0.0154. The van der Waals surface area contributed by atoms with Crippen LogP contribution in [0.4, 0.5) is 0 Å². The maximum atomic E-state index is 12.5. The van der Waals surface area contributed by atoms with E-state index >= 15 is 0 Å². The molecule has 4 rings (SSSR count). The first-order valence-electron chi connectivity index (χ1n) is 8.75. The summed E-state index contributed by atoms with van der Waals surface area (Å²) in [6.45, 7) is 1.60. The van der Waals surface area contributed by atoms with Gasteiger partial charge in [-0.15, -0.1) is 5.10 Å². The van der Waals surface area contributed by atoms with Gasteiger partial charge in [0.2, 0.25) is 0 Å². The van der Waals surface area contributed by atoms with Crippen molar-refractivity contribution in [2.75, 3.05) is 20.2 Å². The Balaban J connectivity index is 1.30. The van der Waals surface area contributed by atoms with Crippen molar-refractivity contribution >= 4 is 5.91 Å². The molecule has 0 bridgehead atoms. The quantitative estimate of drug-likeness (QED) is 0.672. The molecule has 2 aromatic carbocycles. The zero-order valence-electron chi connectivity index (χ0n) is 15.0. The first-order valence-corrected chi connectivity index (χ1v) is 8.75. The van der Waals surface area contributed by atoms with Crippen molar-refractivity contribution in [2.45, 2.75) is 12.6 Å². The van der Waals surface area contributed by atoms with Crippen LogP contribution in [0.1, 0.15) is 22.1 Å². The first kappa shape index (κ1) is 17.1. The topological polar surface area (TPSA) is 69.5 Å². The Bertz CT molecular complexity index is 902. The minimum Gasteiger partial charge on any atom is -0.497 e. The number of para-hydroxylation sites is 1. The van der Waals surface area contributed by atoms with Gasteiger partial charge < -0.3 is 14.4 Å². The molecular formula is C20H20N4O3. The molecule has 1 fully saturated rings. The summed E-state index contributed by atoms with van der Waals surface area (Å²) in [6.07, 6.45) is 1.88. The molecule has 1 aliphatic heterocycles. The average molecular weight is 364 g/mol. The van der Waals surface area contributed by atoms with Crippen molar-refractivity contribution < 1.29 is 14.3 Å². The number of aromatic nitrogens is 3. The van der Waals surface area contributed by atoms with Crippen LogP contribution in [0, 0.1) is 0 Å². The molecule has 1 saturated heterocycles. The summed E-state index contributed by atoms with van der Waals surface area (Å²) >= 11 is 0. The molecule has 1 amide bonds. The fourth-order valence-corrected chi connectivity index (χ4v) is 2.94. The van der Waals surface area contributed by atoms with E-state index < -0.39 is 0 Å². The Kier molecular flexibility index (Phi) is 4.74. The number of likely N-dealkylation sites (tertiary alicyclic amines) is 1. The maximum Gasteiger partial charge on any atom is 0.254 e. The molecule has 1 aliphatic rings. The normalized spacial score (nSPS) is 13.9. The van der Waals surface area contributed by atoms with Gasteiger partial charge >= 0.3 is 0 Å². The van der Waals surface area contributed by atoms with Crippen LogP contribution in [-0.4, -0.2) is 46.0 Å². The second-order valence-corrected chi connectivity index (χ2v) is 6.38. The molecular weight excluding hydrogens is 344 g/mol. The monoisotopic (exact) mass is 364 g/mol. The van der Waals surface area contributed by atoms with E-state index in [4.69, 9.17) is 9.47 Å². The summed E-state index contributed by atoms with van der Waals surface area (Å²) in [6, 6.07) is 16.9. The first-order chi connectivity index (χ1) is 13.2. The van der Waals surface area contributed by atoms with Crippen molar-refractivity contribution in [1.29, 1.82) is 0 Å². The maximum absolute atomic E-state index is 12.5. The molecule has 27 heavy (non-hydrogen) atoms. The van der Waals surface area contributed by atoms with Crippen molar-refractivity contribution in [1.82, 2.24) is 19.9 Å². The molecule has 0 N–H and O–H groups in total. The number of methoxy groups -OCH3 is 1. The van der Waals surface area contributed by atoms with Crippen LogP contribution in [0.5, 0.6) is 11.5 Å². The number of carbonyl (C=O) groups is 1. The van der Waals surface area contributed by atoms with Crippen molar-refractivity contribution in [3.8, 4) is 11.5 Å². The number of nitrogens with zero attached hydrogens (tertiary/aromatic N) is 4. The Hall–Kier alpha value is -3.35. The molecule has 1 aromatic heterocycles. The number of benzene rings is 2. The van der Waals surface area contributed by atoms with Crippen LogP contribution in [-0.2, 0) is 6.61 Å². The molecule has 0 radical (unpaired) electrons. The molecule has 0 saturated carbocycles. The fourth-order valence-electron chi connectivity index (χ4n) is 2.94. The Morgan fingerprint density at radius 2 is 1.81 bits per heavy atom. The van der Waals surface area contributed by atoms with Gasteiger partial charge in [0.05, 0.1) is 19.3 Å². The molecule has 138 valence electrons. The van der Waals surface area contributed by atoms with Gasteiger partial charge in [-0.1, -0.05) is 23.4 Å². The summed E-state index contributed by atoms with van der Waals surface area (Å²) in [5, 5.41) is 8.32. The third kappa shape index (κ3) is 3.76. The molecule has 0 aliphatic carbocycles. The van der Waals surface area contributed by atoms with Gasteiger partial charge in [0.15, 0.2) is 0 Å². The lowest BCUT2D eigenvalue weighted by molar-refractivity contribution is 0.0498. The summed E-state index contributed by atoms with van der Waals surface area (Å²) in [5.74, 6) is 1.55.